The summed E-state index contributed by atoms with van der Waals surface area (Å²) >= 11 is -2.66. The summed E-state index contributed by atoms with van der Waals surface area (Å²) in [5.41, 5.74) is -0.617. The van der Waals surface area contributed by atoms with Crippen molar-refractivity contribution in [3.8, 4) is 11.5 Å². The molecule has 0 aliphatic rings. The van der Waals surface area contributed by atoms with Crippen molar-refractivity contribution in [3.05, 3.63) is 24.3 Å². The zero-order chi connectivity index (χ0) is 16.0. The first-order chi connectivity index (χ1) is 9.77. The van der Waals surface area contributed by atoms with E-state index in [0.29, 0.717) is 0 Å². The number of hydrogen-bond acceptors (Lipinski definition) is 5. The topological polar surface area (TPSA) is 75.7 Å². The van der Waals surface area contributed by atoms with Gasteiger partial charge in [0.15, 0.2) is 0 Å². The van der Waals surface area contributed by atoms with Gasteiger partial charge < -0.3 is 13.5 Å². The molecule has 118 valence electrons. The Balaban J connectivity index is 2.80. The average Bonchev–Trinajstić information content (AvgIpc) is 2.38. The number of carbonyl (C=O) groups excluding carboxylic acids is 1. The standard InChI is InChI=1S/C15H22O5S/c1-5-7-11(2)15(3,4)14(16)19-12-8-6-9-13(10-12)20-21(17)18/h6,8-11H,5,7H2,1-4H3,(H,17,18)/p-1. The predicted octanol–water partition coefficient (Wildman–Crippen LogP) is 3.23. The maximum absolute atomic E-state index is 12.3. The Morgan fingerprint density at radius 2 is 2.00 bits per heavy atom. The lowest BCUT2D eigenvalue weighted by Crippen LogP contribution is -2.35. The van der Waals surface area contributed by atoms with Gasteiger partial charge in [0.25, 0.3) is 0 Å². The van der Waals surface area contributed by atoms with Crippen molar-refractivity contribution in [1.29, 1.82) is 0 Å². The molecule has 0 heterocycles. The second kappa shape index (κ2) is 7.56. The van der Waals surface area contributed by atoms with Crippen LogP contribution in [0.25, 0.3) is 0 Å². The van der Waals surface area contributed by atoms with Crippen molar-refractivity contribution in [2.75, 3.05) is 0 Å². The van der Waals surface area contributed by atoms with Crippen molar-refractivity contribution in [2.45, 2.75) is 40.5 Å². The number of hydrogen-bond donors (Lipinski definition) is 0. The summed E-state index contributed by atoms with van der Waals surface area (Å²) in [5, 5.41) is 0. The predicted molar refractivity (Wildman–Crippen MR) is 79.5 cm³/mol. The molecule has 0 aliphatic carbocycles. The third kappa shape index (κ3) is 5.13. The third-order valence-electron chi connectivity index (χ3n) is 3.66. The molecule has 0 radical (unpaired) electrons. The van der Waals surface area contributed by atoms with Crippen molar-refractivity contribution in [1.82, 2.24) is 0 Å². The number of benzene rings is 1. The lowest BCUT2D eigenvalue weighted by molar-refractivity contribution is -0.146. The summed E-state index contributed by atoms with van der Waals surface area (Å²) in [5.74, 6) is 0.209. The second-order valence-electron chi connectivity index (χ2n) is 5.56. The molecule has 6 heteroatoms. The van der Waals surface area contributed by atoms with Gasteiger partial charge in [0, 0.05) is 6.07 Å². The van der Waals surface area contributed by atoms with Gasteiger partial charge in [-0.05, 0) is 38.3 Å². The average molecular weight is 313 g/mol. The van der Waals surface area contributed by atoms with E-state index in [4.69, 9.17) is 4.74 Å². The first kappa shape index (κ1) is 17.7. The Morgan fingerprint density at radius 1 is 1.38 bits per heavy atom. The van der Waals surface area contributed by atoms with E-state index in [2.05, 4.69) is 11.1 Å². The van der Waals surface area contributed by atoms with Gasteiger partial charge >= 0.3 is 5.97 Å². The van der Waals surface area contributed by atoms with Crippen molar-refractivity contribution in [3.63, 3.8) is 0 Å². The van der Waals surface area contributed by atoms with Crippen molar-refractivity contribution < 1.29 is 22.5 Å². The maximum atomic E-state index is 12.3. The van der Waals surface area contributed by atoms with Crippen LogP contribution in [0.3, 0.4) is 0 Å². The van der Waals surface area contributed by atoms with Crippen molar-refractivity contribution in [2.24, 2.45) is 11.3 Å². The van der Waals surface area contributed by atoms with Gasteiger partial charge in [-0.25, -0.2) is 4.21 Å². The Hall–Kier alpha value is -1.40. The Morgan fingerprint density at radius 3 is 2.57 bits per heavy atom. The van der Waals surface area contributed by atoms with Crippen LogP contribution in [0, 0.1) is 11.3 Å². The number of esters is 1. The van der Waals surface area contributed by atoms with Crippen LogP contribution in [0.4, 0.5) is 0 Å². The lowest BCUT2D eigenvalue weighted by Gasteiger charge is -2.29. The van der Waals surface area contributed by atoms with Crippen molar-refractivity contribution >= 4 is 17.3 Å². The van der Waals surface area contributed by atoms with Crippen LogP contribution in [0.5, 0.6) is 11.5 Å². The van der Waals surface area contributed by atoms with E-state index in [0.717, 1.165) is 12.8 Å². The van der Waals surface area contributed by atoms with Gasteiger partial charge in [0.2, 0.25) is 0 Å². The van der Waals surface area contributed by atoms with Gasteiger partial charge in [-0.1, -0.05) is 26.3 Å². The van der Waals surface area contributed by atoms with Crippen LogP contribution in [0.15, 0.2) is 24.3 Å². The van der Waals surface area contributed by atoms with E-state index in [1.54, 1.807) is 12.1 Å². The van der Waals surface area contributed by atoms with Crippen LogP contribution in [0.2, 0.25) is 0 Å². The van der Waals surface area contributed by atoms with E-state index in [1.807, 2.05) is 20.8 Å². The largest absolute Gasteiger partial charge is 0.740 e. The molecular weight excluding hydrogens is 292 g/mol. The minimum atomic E-state index is -2.66. The van der Waals surface area contributed by atoms with E-state index in [9.17, 15) is 13.6 Å². The van der Waals surface area contributed by atoms with E-state index in [-0.39, 0.29) is 23.4 Å². The van der Waals surface area contributed by atoms with Gasteiger partial charge in [0.1, 0.15) is 22.9 Å². The van der Waals surface area contributed by atoms with Gasteiger partial charge in [0.05, 0.1) is 5.41 Å². The summed E-state index contributed by atoms with van der Waals surface area (Å²) in [4.78, 5) is 12.3. The second-order valence-corrected chi connectivity index (χ2v) is 6.14. The molecule has 2 atom stereocenters. The van der Waals surface area contributed by atoms with Crippen LogP contribution >= 0.6 is 0 Å². The minimum absolute atomic E-state index is 0.105. The van der Waals surface area contributed by atoms with Crippen LogP contribution in [-0.4, -0.2) is 14.7 Å². The Bertz CT molecular complexity index is 513. The molecule has 1 aromatic carbocycles. The maximum Gasteiger partial charge on any atom is 0.317 e. The molecule has 5 nitrogen and oxygen atoms in total. The fraction of sp³-hybridized carbons (Fsp3) is 0.533. The molecule has 0 saturated heterocycles. The SMILES string of the molecule is CCCC(C)C(C)(C)C(=O)Oc1cccc(OS(=O)[O-])c1. The monoisotopic (exact) mass is 313 g/mol. The molecule has 0 aliphatic heterocycles. The molecule has 0 N–H and O–H groups in total. The molecule has 0 bridgehead atoms. The van der Waals surface area contributed by atoms with Crippen LogP contribution in [0.1, 0.15) is 40.5 Å². The highest BCUT2D eigenvalue weighted by Gasteiger charge is 2.35. The normalized spacial score (nSPS) is 14.3. The number of rotatable bonds is 7. The molecule has 0 aromatic heterocycles. The molecule has 21 heavy (non-hydrogen) atoms. The minimum Gasteiger partial charge on any atom is -0.740 e. The highest BCUT2D eigenvalue weighted by molar-refractivity contribution is 7.74. The van der Waals surface area contributed by atoms with Gasteiger partial charge in [-0.3, -0.25) is 4.79 Å². The lowest BCUT2D eigenvalue weighted by atomic mass is 9.78. The number of carbonyl (C=O) groups is 1. The summed E-state index contributed by atoms with van der Waals surface area (Å²) in [6, 6.07) is 5.98. The molecule has 0 spiro atoms. The van der Waals surface area contributed by atoms with Crippen LogP contribution in [-0.2, 0) is 16.2 Å². The zero-order valence-corrected chi connectivity index (χ0v) is 13.6. The molecule has 0 saturated carbocycles. The Labute approximate surface area is 128 Å². The molecular formula is C15H21O5S-. The summed E-state index contributed by atoms with van der Waals surface area (Å²) in [6.45, 7) is 7.79. The first-order valence-corrected chi connectivity index (χ1v) is 7.87. The highest BCUT2D eigenvalue weighted by Crippen LogP contribution is 2.32. The van der Waals surface area contributed by atoms with E-state index >= 15 is 0 Å². The van der Waals surface area contributed by atoms with Crippen LogP contribution < -0.4 is 8.92 Å². The first-order valence-electron chi connectivity index (χ1n) is 6.87. The zero-order valence-electron chi connectivity index (χ0n) is 12.8. The van der Waals surface area contributed by atoms with E-state index in [1.165, 1.54) is 12.1 Å². The smallest absolute Gasteiger partial charge is 0.317 e. The summed E-state index contributed by atoms with van der Waals surface area (Å²) in [7, 11) is 0. The quantitative estimate of drug-likeness (QED) is 0.439. The summed E-state index contributed by atoms with van der Waals surface area (Å²) in [6.07, 6.45) is 1.93. The fourth-order valence-corrected chi connectivity index (χ4v) is 2.16. The molecule has 0 fully saturated rings. The Kier molecular flexibility index (Phi) is 6.36. The number of ether oxygens (including phenoxy) is 1. The van der Waals surface area contributed by atoms with E-state index < -0.39 is 16.8 Å². The third-order valence-corrected chi connectivity index (χ3v) is 3.99. The summed E-state index contributed by atoms with van der Waals surface area (Å²) < 4.78 is 30.9. The highest BCUT2D eigenvalue weighted by atomic mass is 32.2. The van der Waals surface area contributed by atoms with Gasteiger partial charge in [-0.15, -0.1) is 0 Å². The fourth-order valence-electron chi connectivity index (χ4n) is 1.90. The molecule has 1 aromatic rings. The molecule has 0 amide bonds. The molecule has 2 unspecified atom stereocenters. The molecule has 1 rings (SSSR count). The van der Waals surface area contributed by atoms with Gasteiger partial charge in [-0.2, -0.15) is 0 Å².